The van der Waals surface area contributed by atoms with Crippen LogP contribution in [0.5, 0.6) is 0 Å². The van der Waals surface area contributed by atoms with Crippen molar-refractivity contribution in [1.29, 1.82) is 0 Å². The summed E-state index contributed by atoms with van der Waals surface area (Å²) in [7, 11) is 0. The molecule has 1 aliphatic heterocycles. The van der Waals surface area contributed by atoms with Crippen LogP contribution in [0.15, 0.2) is 47.0 Å². The topological polar surface area (TPSA) is 85.0 Å². The van der Waals surface area contributed by atoms with Gasteiger partial charge in [-0.25, -0.2) is 4.98 Å². The fraction of sp³-hybridized carbons (Fsp3) is 0.318. The maximum absolute atomic E-state index is 12.2. The van der Waals surface area contributed by atoms with Gasteiger partial charge in [0.05, 0.1) is 17.6 Å². The van der Waals surface area contributed by atoms with Crippen molar-refractivity contribution >= 4 is 11.5 Å². The Morgan fingerprint density at radius 1 is 1.14 bits per heavy atom. The molecule has 0 atom stereocenters. The van der Waals surface area contributed by atoms with Gasteiger partial charge in [0, 0.05) is 24.6 Å². The van der Waals surface area contributed by atoms with E-state index in [0.29, 0.717) is 24.0 Å². The molecule has 2 aliphatic rings. The largest absolute Gasteiger partial charge is 0.415 e. The van der Waals surface area contributed by atoms with Crippen LogP contribution in [0.25, 0.3) is 28.6 Å². The van der Waals surface area contributed by atoms with Crippen LogP contribution >= 0.6 is 0 Å². The van der Waals surface area contributed by atoms with Crippen LogP contribution < -0.4 is 0 Å². The van der Waals surface area contributed by atoms with Crippen molar-refractivity contribution in [3.8, 4) is 23.0 Å². The normalized spacial score (nSPS) is 16.6. The molecule has 0 bridgehead atoms. The first-order chi connectivity index (χ1) is 14.2. The molecule has 1 amide bonds. The molecule has 0 saturated heterocycles. The van der Waals surface area contributed by atoms with E-state index in [2.05, 4.69) is 21.3 Å². The highest BCUT2D eigenvalue weighted by Crippen LogP contribution is 2.33. The fourth-order valence-corrected chi connectivity index (χ4v) is 3.51. The highest BCUT2D eigenvalue weighted by Gasteiger charge is 2.33. The zero-order chi connectivity index (χ0) is 19.8. The smallest absolute Gasteiger partial charge is 0.268 e. The van der Waals surface area contributed by atoms with Gasteiger partial charge in [-0.1, -0.05) is 24.3 Å². The number of hydrogen-bond acceptors (Lipinski definition) is 6. The predicted molar refractivity (Wildman–Crippen MR) is 107 cm³/mol. The first-order valence-corrected chi connectivity index (χ1v) is 9.90. The van der Waals surface area contributed by atoms with Crippen molar-refractivity contribution < 1.29 is 9.21 Å². The molecule has 0 unspecified atom stereocenters. The van der Waals surface area contributed by atoms with Crippen LogP contribution in [0.4, 0.5) is 0 Å². The van der Waals surface area contributed by atoms with Gasteiger partial charge in [-0.05, 0) is 43.9 Å². The maximum atomic E-state index is 12.2. The second kappa shape index (κ2) is 7.24. The van der Waals surface area contributed by atoms with Crippen LogP contribution in [0.3, 0.4) is 0 Å². The Morgan fingerprint density at radius 3 is 2.66 bits per heavy atom. The number of benzene rings is 1. The van der Waals surface area contributed by atoms with E-state index < -0.39 is 0 Å². The summed E-state index contributed by atoms with van der Waals surface area (Å²) in [5.74, 6) is 1.36. The minimum absolute atomic E-state index is 0.257. The van der Waals surface area contributed by atoms with Gasteiger partial charge in [-0.2, -0.15) is 0 Å². The second-order valence-corrected chi connectivity index (χ2v) is 7.51. The van der Waals surface area contributed by atoms with Gasteiger partial charge < -0.3 is 9.32 Å². The molecule has 7 heteroatoms. The third-order valence-corrected chi connectivity index (χ3v) is 5.38. The Morgan fingerprint density at radius 2 is 1.93 bits per heavy atom. The summed E-state index contributed by atoms with van der Waals surface area (Å²) in [5, 5.41) is 8.33. The molecule has 0 spiro atoms. The summed E-state index contributed by atoms with van der Waals surface area (Å²) in [6.07, 6.45) is 6.70. The summed E-state index contributed by atoms with van der Waals surface area (Å²) in [4.78, 5) is 23.4. The monoisotopic (exact) mass is 387 g/mol. The average Bonchev–Trinajstić information content (AvgIpc) is 3.51. The third kappa shape index (κ3) is 3.55. The lowest BCUT2D eigenvalue weighted by molar-refractivity contribution is -0.132. The number of rotatable bonds is 4. The highest BCUT2D eigenvalue weighted by atomic mass is 16.4. The molecule has 7 nitrogen and oxygen atoms in total. The summed E-state index contributed by atoms with van der Waals surface area (Å²) < 4.78 is 5.86. The van der Waals surface area contributed by atoms with Gasteiger partial charge in [0.2, 0.25) is 11.8 Å². The van der Waals surface area contributed by atoms with Crippen molar-refractivity contribution in [3.05, 3.63) is 54.0 Å². The molecule has 0 radical (unpaired) electrons. The third-order valence-electron chi connectivity index (χ3n) is 5.38. The Bertz CT molecular complexity index is 1090. The van der Waals surface area contributed by atoms with Gasteiger partial charge in [-0.3, -0.25) is 9.78 Å². The summed E-state index contributed by atoms with van der Waals surface area (Å²) in [5.41, 5.74) is 4.09. The van der Waals surface area contributed by atoms with Crippen molar-refractivity contribution in [2.24, 2.45) is 5.92 Å². The minimum Gasteiger partial charge on any atom is -0.415 e. The van der Waals surface area contributed by atoms with Crippen molar-refractivity contribution in [2.45, 2.75) is 26.2 Å². The molecule has 1 fully saturated rings. The predicted octanol–water partition coefficient (Wildman–Crippen LogP) is 3.53. The van der Waals surface area contributed by atoms with Gasteiger partial charge in [0.1, 0.15) is 5.69 Å². The van der Waals surface area contributed by atoms with Crippen molar-refractivity contribution in [2.75, 3.05) is 13.1 Å². The molecule has 3 aromatic rings. The number of carbonyl (C=O) groups excluding carboxylic acids is 1. The number of aryl methyl sites for hydroxylation is 1. The second-order valence-electron chi connectivity index (χ2n) is 7.51. The SMILES string of the molecule is Cc1ncc(C2=CCN(C(=O)C3CC3)CC2)nc1-c1nnc(-c2ccccc2)o1. The lowest BCUT2D eigenvalue weighted by atomic mass is 10.0. The molecule has 29 heavy (non-hydrogen) atoms. The highest BCUT2D eigenvalue weighted by molar-refractivity contribution is 5.82. The number of hydrogen-bond donors (Lipinski definition) is 0. The van der Waals surface area contributed by atoms with E-state index in [1.165, 1.54) is 0 Å². The molecule has 1 aromatic carbocycles. The van der Waals surface area contributed by atoms with Crippen LogP contribution in [-0.4, -0.2) is 44.1 Å². The Kier molecular flexibility index (Phi) is 4.42. The maximum Gasteiger partial charge on any atom is 0.268 e. The molecule has 5 rings (SSSR count). The Hall–Kier alpha value is -3.35. The lowest BCUT2D eigenvalue weighted by Crippen LogP contribution is -2.35. The molecular formula is C22H21N5O2. The Balaban J connectivity index is 1.40. The molecular weight excluding hydrogens is 366 g/mol. The van der Waals surface area contributed by atoms with E-state index in [0.717, 1.165) is 48.3 Å². The summed E-state index contributed by atoms with van der Waals surface area (Å²) in [6, 6.07) is 9.65. The van der Waals surface area contributed by atoms with E-state index in [-0.39, 0.29) is 11.8 Å². The first kappa shape index (κ1) is 17.7. The molecule has 1 aliphatic carbocycles. The van der Waals surface area contributed by atoms with E-state index in [1.54, 1.807) is 6.20 Å². The fourth-order valence-electron chi connectivity index (χ4n) is 3.51. The molecule has 2 aromatic heterocycles. The van der Waals surface area contributed by atoms with Gasteiger partial charge >= 0.3 is 0 Å². The Labute approximate surface area is 168 Å². The van der Waals surface area contributed by atoms with E-state index in [9.17, 15) is 4.79 Å². The van der Waals surface area contributed by atoms with Gasteiger partial charge in [-0.15, -0.1) is 10.2 Å². The lowest BCUT2D eigenvalue weighted by Gasteiger charge is -2.26. The number of aromatic nitrogens is 4. The summed E-state index contributed by atoms with van der Waals surface area (Å²) in [6.45, 7) is 3.24. The van der Waals surface area contributed by atoms with Crippen molar-refractivity contribution in [3.63, 3.8) is 0 Å². The number of carbonyl (C=O) groups is 1. The molecule has 3 heterocycles. The summed E-state index contributed by atoms with van der Waals surface area (Å²) >= 11 is 0. The zero-order valence-corrected chi connectivity index (χ0v) is 16.2. The van der Waals surface area contributed by atoms with E-state index in [1.807, 2.05) is 42.2 Å². The molecule has 0 N–H and O–H groups in total. The standard InChI is InChI=1S/C22H21N5O2/c1-14-19(21-26-25-20(29-21)16-5-3-2-4-6-16)24-18(13-23-14)15-9-11-27(12-10-15)22(28)17-7-8-17/h2-6,9,13,17H,7-8,10-12H2,1H3. The number of amides is 1. The number of nitrogens with zero attached hydrogens (tertiary/aromatic N) is 5. The van der Waals surface area contributed by atoms with E-state index in [4.69, 9.17) is 9.40 Å². The molecule has 146 valence electrons. The first-order valence-electron chi connectivity index (χ1n) is 9.90. The minimum atomic E-state index is 0.257. The van der Waals surface area contributed by atoms with Crippen molar-refractivity contribution in [1.82, 2.24) is 25.1 Å². The average molecular weight is 387 g/mol. The van der Waals surface area contributed by atoms with Gasteiger partial charge in [0.15, 0.2) is 0 Å². The van der Waals surface area contributed by atoms with E-state index >= 15 is 0 Å². The van der Waals surface area contributed by atoms with Crippen LogP contribution in [0.1, 0.15) is 30.7 Å². The van der Waals surface area contributed by atoms with Gasteiger partial charge in [0.25, 0.3) is 5.89 Å². The quantitative estimate of drug-likeness (QED) is 0.681. The van der Waals surface area contributed by atoms with Crippen LogP contribution in [0, 0.1) is 12.8 Å². The van der Waals surface area contributed by atoms with Crippen LogP contribution in [0.2, 0.25) is 0 Å². The molecule has 1 saturated carbocycles. The zero-order valence-electron chi connectivity index (χ0n) is 16.2. The van der Waals surface area contributed by atoms with Crippen LogP contribution in [-0.2, 0) is 4.79 Å².